The lowest BCUT2D eigenvalue weighted by molar-refractivity contribution is 0.804. The van der Waals surface area contributed by atoms with Gasteiger partial charge in [0.1, 0.15) is 0 Å². The van der Waals surface area contributed by atoms with Gasteiger partial charge in [-0.2, -0.15) is 12.6 Å². The van der Waals surface area contributed by atoms with Gasteiger partial charge in [0.05, 0.1) is 0 Å². The number of rotatable bonds is 1. The molecule has 1 aliphatic carbocycles. The van der Waals surface area contributed by atoms with Crippen molar-refractivity contribution in [2.24, 2.45) is 5.92 Å². The highest BCUT2D eigenvalue weighted by molar-refractivity contribution is 7.81. The Morgan fingerprint density at radius 3 is 2.33 bits per heavy atom. The second-order valence-electron chi connectivity index (χ2n) is 1.97. The van der Waals surface area contributed by atoms with E-state index in [1.807, 2.05) is 0 Å². The van der Waals surface area contributed by atoms with E-state index in [9.17, 15) is 0 Å². The van der Waals surface area contributed by atoms with Crippen LogP contribution in [0.5, 0.6) is 0 Å². The third kappa shape index (κ3) is 0.700. The smallest absolute Gasteiger partial charge is 0.00484 e. The molecule has 1 unspecified atom stereocenters. The third-order valence-electron chi connectivity index (χ3n) is 1.41. The van der Waals surface area contributed by atoms with Crippen molar-refractivity contribution < 1.29 is 0 Å². The quantitative estimate of drug-likeness (QED) is 0.479. The van der Waals surface area contributed by atoms with E-state index in [0.717, 1.165) is 11.2 Å². The Morgan fingerprint density at radius 1 is 1.83 bits per heavy atom. The van der Waals surface area contributed by atoms with Crippen LogP contribution in [0.2, 0.25) is 0 Å². The highest BCUT2D eigenvalue weighted by Crippen LogP contribution is 2.37. The Morgan fingerprint density at radius 2 is 2.33 bits per heavy atom. The average Bonchev–Trinajstić information content (AvgIpc) is 2.19. The predicted molar refractivity (Wildman–Crippen MR) is 31.2 cm³/mol. The first-order chi connectivity index (χ1) is 2.84. The Kier molecular flexibility index (Phi) is 1.09. The zero-order valence-corrected chi connectivity index (χ0v) is 4.91. The van der Waals surface area contributed by atoms with Crippen LogP contribution in [-0.2, 0) is 0 Å². The standard InChI is InChI=1S/C5H10S/c1-2-4-3-5(4)6/h4-6H,2-3H2,1H3/t4-,5?/m1/s1. The van der Waals surface area contributed by atoms with E-state index in [2.05, 4.69) is 19.6 Å². The highest BCUT2D eigenvalue weighted by Gasteiger charge is 2.30. The first kappa shape index (κ1) is 4.51. The minimum Gasteiger partial charge on any atom is -0.176 e. The third-order valence-corrected chi connectivity index (χ3v) is 2.04. The first-order valence-electron chi connectivity index (χ1n) is 2.52. The van der Waals surface area contributed by atoms with Gasteiger partial charge >= 0.3 is 0 Å². The monoisotopic (exact) mass is 102 g/mol. The minimum atomic E-state index is 0.759. The molecule has 0 radical (unpaired) electrons. The molecule has 0 bridgehead atoms. The molecule has 0 amide bonds. The molecule has 1 saturated carbocycles. The summed E-state index contributed by atoms with van der Waals surface area (Å²) in [6, 6.07) is 0. The van der Waals surface area contributed by atoms with Gasteiger partial charge in [-0.15, -0.1) is 0 Å². The van der Waals surface area contributed by atoms with E-state index >= 15 is 0 Å². The van der Waals surface area contributed by atoms with Crippen LogP contribution < -0.4 is 0 Å². The molecule has 0 nitrogen and oxygen atoms in total. The van der Waals surface area contributed by atoms with Crippen LogP contribution >= 0.6 is 12.6 Å². The first-order valence-corrected chi connectivity index (χ1v) is 3.04. The van der Waals surface area contributed by atoms with Gasteiger partial charge in [0.2, 0.25) is 0 Å². The molecule has 1 heteroatoms. The summed E-state index contributed by atoms with van der Waals surface area (Å²) in [5, 5.41) is 0.759. The summed E-state index contributed by atoms with van der Waals surface area (Å²) in [6.45, 7) is 2.22. The highest BCUT2D eigenvalue weighted by atomic mass is 32.1. The molecule has 1 aliphatic rings. The van der Waals surface area contributed by atoms with E-state index < -0.39 is 0 Å². The van der Waals surface area contributed by atoms with E-state index in [1.54, 1.807) is 0 Å². The average molecular weight is 102 g/mol. The Labute approximate surface area is 44.3 Å². The lowest BCUT2D eigenvalue weighted by Crippen LogP contribution is -1.70. The second kappa shape index (κ2) is 1.45. The van der Waals surface area contributed by atoms with Crippen molar-refractivity contribution in [2.45, 2.75) is 25.0 Å². The summed E-state index contributed by atoms with van der Waals surface area (Å²) in [7, 11) is 0. The molecule has 0 N–H and O–H groups in total. The van der Waals surface area contributed by atoms with Crippen molar-refractivity contribution in [1.82, 2.24) is 0 Å². The zero-order chi connectivity index (χ0) is 4.57. The molecule has 1 fully saturated rings. The fourth-order valence-corrected chi connectivity index (χ4v) is 1.15. The number of hydrogen-bond acceptors (Lipinski definition) is 1. The van der Waals surface area contributed by atoms with Crippen LogP contribution in [0.15, 0.2) is 0 Å². The van der Waals surface area contributed by atoms with Gasteiger partial charge in [-0.3, -0.25) is 0 Å². The van der Waals surface area contributed by atoms with Crippen molar-refractivity contribution in [3.63, 3.8) is 0 Å². The summed E-state index contributed by atoms with van der Waals surface area (Å²) in [6.07, 6.45) is 2.69. The van der Waals surface area contributed by atoms with Crippen molar-refractivity contribution in [2.75, 3.05) is 0 Å². The molecule has 1 rings (SSSR count). The predicted octanol–water partition coefficient (Wildman–Crippen LogP) is 1.71. The Bertz CT molecular complexity index is 49.9. The summed E-state index contributed by atoms with van der Waals surface area (Å²) in [5.74, 6) is 0.966. The zero-order valence-electron chi connectivity index (χ0n) is 4.02. The van der Waals surface area contributed by atoms with Crippen molar-refractivity contribution >= 4 is 12.6 Å². The largest absolute Gasteiger partial charge is 0.176 e. The molecule has 0 heterocycles. The van der Waals surface area contributed by atoms with Crippen molar-refractivity contribution in [3.8, 4) is 0 Å². The van der Waals surface area contributed by atoms with Crippen LogP contribution in [-0.4, -0.2) is 5.25 Å². The van der Waals surface area contributed by atoms with E-state index in [0.29, 0.717) is 0 Å². The number of thiol groups is 1. The maximum absolute atomic E-state index is 4.25. The van der Waals surface area contributed by atoms with Crippen LogP contribution in [0.3, 0.4) is 0 Å². The minimum absolute atomic E-state index is 0.759. The summed E-state index contributed by atoms with van der Waals surface area (Å²) in [5.41, 5.74) is 0. The lowest BCUT2D eigenvalue weighted by Gasteiger charge is -1.78. The van der Waals surface area contributed by atoms with Crippen LogP contribution in [0, 0.1) is 5.92 Å². The van der Waals surface area contributed by atoms with Gasteiger partial charge in [0.25, 0.3) is 0 Å². The Hall–Kier alpha value is 0.350. The van der Waals surface area contributed by atoms with Gasteiger partial charge in [-0.25, -0.2) is 0 Å². The van der Waals surface area contributed by atoms with Crippen LogP contribution in [0.4, 0.5) is 0 Å². The maximum Gasteiger partial charge on any atom is 0.00484 e. The SMILES string of the molecule is CC[C@@H]1CC1S. The van der Waals surface area contributed by atoms with Gasteiger partial charge in [-0.1, -0.05) is 13.3 Å². The molecule has 6 heavy (non-hydrogen) atoms. The van der Waals surface area contributed by atoms with E-state index in [4.69, 9.17) is 0 Å². The van der Waals surface area contributed by atoms with E-state index in [-0.39, 0.29) is 0 Å². The fourth-order valence-electron chi connectivity index (χ4n) is 0.670. The van der Waals surface area contributed by atoms with Crippen molar-refractivity contribution in [1.29, 1.82) is 0 Å². The molecule has 0 aromatic rings. The summed E-state index contributed by atoms with van der Waals surface area (Å²) in [4.78, 5) is 0. The topological polar surface area (TPSA) is 0 Å². The van der Waals surface area contributed by atoms with Gasteiger partial charge in [-0.05, 0) is 12.3 Å². The normalized spacial score (nSPS) is 43.0. The second-order valence-corrected chi connectivity index (χ2v) is 2.63. The van der Waals surface area contributed by atoms with Crippen molar-refractivity contribution in [3.05, 3.63) is 0 Å². The van der Waals surface area contributed by atoms with Gasteiger partial charge < -0.3 is 0 Å². The lowest BCUT2D eigenvalue weighted by atomic mass is 10.3. The number of hydrogen-bond donors (Lipinski definition) is 1. The molecule has 0 aromatic carbocycles. The summed E-state index contributed by atoms with van der Waals surface area (Å²) < 4.78 is 0. The fraction of sp³-hybridized carbons (Fsp3) is 1.00. The van der Waals surface area contributed by atoms with Crippen LogP contribution in [0.1, 0.15) is 19.8 Å². The molecule has 0 saturated heterocycles. The van der Waals surface area contributed by atoms with Crippen LogP contribution in [0.25, 0.3) is 0 Å². The van der Waals surface area contributed by atoms with Gasteiger partial charge in [0, 0.05) is 5.25 Å². The Balaban J connectivity index is 2.09. The summed E-state index contributed by atoms with van der Waals surface area (Å²) >= 11 is 4.25. The molecule has 0 aliphatic heterocycles. The maximum atomic E-state index is 4.25. The molecular weight excluding hydrogens is 92.1 g/mol. The molecule has 0 aromatic heterocycles. The molecule has 36 valence electrons. The molecule has 2 atom stereocenters. The molecular formula is C5H10S. The van der Waals surface area contributed by atoms with Gasteiger partial charge in [0.15, 0.2) is 0 Å². The molecule has 0 spiro atoms. The van der Waals surface area contributed by atoms with E-state index in [1.165, 1.54) is 12.8 Å².